The summed E-state index contributed by atoms with van der Waals surface area (Å²) in [5, 5.41) is 54.4. The molecule has 290 valence electrons. The van der Waals surface area contributed by atoms with Crippen LogP contribution >= 0.6 is 0 Å². The number of nitrogens with one attached hydrogen (secondary N) is 1. The van der Waals surface area contributed by atoms with Gasteiger partial charge in [0.25, 0.3) is 0 Å². The lowest BCUT2D eigenvalue weighted by atomic mass is 9.84. The number of rotatable bonds is 14. The van der Waals surface area contributed by atoms with Crippen LogP contribution in [0.25, 0.3) is 0 Å². The average Bonchev–Trinajstić information content (AvgIpc) is 3.52. The number of nitrogens with two attached hydrogens (primary N) is 6. The van der Waals surface area contributed by atoms with Gasteiger partial charge >= 0.3 is 11.9 Å². The summed E-state index contributed by atoms with van der Waals surface area (Å²) in [5.74, 6) is -2.59. The van der Waals surface area contributed by atoms with Crippen molar-refractivity contribution in [1.29, 1.82) is 0 Å². The predicted molar refractivity (Wildman–Crippen MR) is 171 cm³/mol. The number of aliphatic carboxylic acids is 1. The molecule has 1 aromatic rings. The van der Waals surface area contributed by atoms with Crippen LogP contribution in [0.1, 0.15) is 31.9 Å². The van der Waals surface area contributed by atoms with Gasteiger partial charge in [-0.05, 0) is 19.8 Å². The Morgan fingerprint density at radius 3 is 2.24 bits per heavy atom. The Bertz CT molecular complexity index is 1330. The number of esters is 1. The van der Waals surface area contributed by atoms with Crippen molar-refractivity contribution < 1.29 is 63.6 Å². The van der Waals surface area contributed by atoms with Gasteiger partial charge in [-0.1, -0.05) is 0 Å². The van der Waals surface area contributed by atoms with E-state index in [1.54, 1.807) is 0 Å². The van der Waals surface area contributed by atoms with Gasteiger partial charge in [-0.15, -0.1) is 0 Å². The fourth-order valence-electron chi connectivity index (χ4n) is 5.98. The number of carboxylic acids is 1. The fraction of sp³-hybridized carbons (Fsp3) is 0.793. The number of nitrogens with zero attached hydrogens (tertiary/aromatic N) is 2. The minimum absolute atomic E-state index is 0.0779. The topological polar surface area (TPSA) is 384 Å². The summed E-state index contributed by atoms with van der Waals surface area (Å²) in [6.07, 6.45) is -10.0. The molecule has 0 radical (unpaired) electrons. The smallest absolute Gasteiger partial charge is 0.326 e. The van der Waals surface area contributed by atoms with Crippen LogP contribution < -0.4 is 39.7 Å². The van der Waals surface area contributed by atoms with Gasteiger partial charge in [-0.2, -0.15) is 0 Å². The zero-order valence-electron chi connectivity index (χ0n) is 28.0. The van der Waals surface area contributed by atoms with Gasteiger partial charge in [0.15, 0.2) is 12.6 Å². The lowest BCUT2D eigenvalue weighted by Crippen LogP contribution is -2.68. The second-order valence-corrected chi connectivity index (χ2v) is 13.2. The summed E-state index contributed by atoms with van der Waals surface area (Å²) >= 11 is 0. The van der Waals surface area contributed by atoms with Crippen molar-refractivity contribution in [2.24, 2.45) is 34.4 Å². The number of aromatic nitrogens is 2. The van der Waals surface area contributed by atoms with Gasteiger partial charge in [0.2, 0.25) is 5.91 Å². The molecule has 0 bridgehead atoms. The summed E-state index contributed by atoms with van der Waals surface area (Å²) in [5.41, 5.74) is 36.2. The van der Waals surface area contributed by atoms with Crippen molar-refractivity contribution >= 4 is 17.8 Å². The van der Waals surface area contributed by atoms with E-state index in [-0.39, 0.29) is 32.2 Å². The number of hydrogen-bond donors (Lipinski definition) is 12. The second-order valence-electron chi connectivity index (χ2n) is 13.2. The van der Waals surface area contributed by atoms with Crippen LogP contribution in [0.4, 0.5) is 0 Å². The lowest BCUT2D eigenvalue weighted by molar-refractivity contribution is -0.315. The van der Waals surface area contributed by atoms with E-state index in [4.69, 9.17) is 58.1 Å². The van der Waals surface area contributed by atoms with Gasteiger partial charge < -0.3 is 93.5 Å². The van der Waals surface area contributed by atoms with Crippen LogP contribution in [0.15, 0.2) is 12.5 Å². The Hall–Kier alpha value is -2.94. The molecule has 1 aliphatic carbocycles. The molecule has 1 amide bonds. The minimum Gasteiger partial charge on any atom is -0.480 e. The molecule has 3 heterocycles. The van der Waals surface area contributed by atoms with Gasteiger partial charge in [-0.3, -0.25) is 9.59 Å². The molecule has 2 unspecified atom stereocenters. The first-order valence-electron chi connectivity index (χ1n) is 16.5. The van der Waals surface area contributed by atoms with Crippen molar-refractivity contribution in [1.82, 2.24) is 14.9 Å². The van der Waals surface area contributed by atoms with Crippen molar-refractivity contribution in [3.05, 3.63) is 18.2 Å². The molecule has 1 saturated carbocycles. The number of hydrogen-bond acceptors (Lipinski definition) is 19. The van der Waals surface area contributed by atoms with E-state index in [0.717, 1.165) is 0 Å². The van der Waals surface area contributed by atoms with E-state index in [0.29, 0.717) is 5.69 Å². The van der Waals surface area contributed by atoms with Crippen LogP contribution in [0.2, 0.25) is 0 Å². The van der Waals surface area contributed by atoms with Gasteiger partial charge in [0.05, 0.1) is 42.7 Å². The SMILES string of the molecule is CC(N)C(=O)NC(Cc1cn(CCC(=O)OC[C@H]2O[C@H](O[C@@H]3[C@@H](O)[C@H](O[C@H]4O[C@H](N)[C@@H](O)C[C@H]4N)[C@@H](N)C[C@H]3N)[C@H](O)[C@@H](N)[C@@H]2O)cn1)C(=O)O. The number of aryl methyl sites for hydroxylation is 1. The van der Waals surface area contributed by atoms with E-state index < -0.39 is 122 Å². The monoisotopic (exact) mass is 733 g/mol. The predicted octanol–water partition coefficient (Wildman–Crippen LogP) is -7.04. The molecule has 2 saturated heterocycles. The molecule has 2 aliphatic heterocycles. The highest BCUT2D eigenvalue weighted by atomic mass is 16.7. The summed E-state index contributed by atoms with van der Waals surface area (Å²) in [4.78, 5) is 40.1. The molecule has 3 fully saturated rings. The number of ether oxygens (including phenoxy) is 5. The summed E-state index contributed by atoms with van der Waals surface area (Å²) in [7, 11) is 0. The fourth-order valence-corrected chi connectivity index (χ4v) is 5.98. The highest BCUT2D eigenvalue weighted by molar-refractivity contribution is 5.86. The maximum Gasteiger partial charge on any atom is 0.326 e. The summed E-state index contributed by atoms with van der Waals surface area (Å²) in [6.45, 7) is 1.04. The molecule has 0 aromatic carbocycles. The number of carboxylic acid groups (broad SMARTS) is 1. The molecule has 16 atom stereocenters. The Morgan fingerprint density at radius 2 is 1.61 bits per heavy atom. The summed E-state index contributed by atoms with van der Waals surface area (Å²) < 4.78 is 29.8. The molecule has 22 heteroatoms. The highest BCUT2D eigenvalue weighted by Crippen LogP contribution is 2.30. The lowest BCUT2D eigenvalue weighted by Gasteiger charge is -2.47. The molecule has 1 aromatic heterocycles. The first kappa shape index (κ1) is 40.8. The quantitative estimate of drug-likeness (QED) is 0.0790. The van der Waals surface area contributed by atoms with Crippen molar-refractivity contribution in [2.75, 3.05) is 6.61 Å². The molecule has 18 N–H and O–H groups in total. The Kier molecular flexibility index (Phi) is 14.2. The number of amides is 1. The van der Waals surface area contributed by atoms with Crippen LogP contribution in [-0.4, -0.2) is 157 Å². The third-order valence-corrected chi connectivity index (χ3v) is 9.05. The summed E-state index contributed by atoms with van der Waals surface area (Å²) in [6, 6.07) is -5.89. The molecule has 22 nitrogen and oxygen atoms in total. The largest absolute Gasteiger partial charge is 0.480 e. The van der Waals surface area contributed by atoms with Gasteiger partial charge in [0, 0.05) is 31.2 Å². The van der Waals surface area contributed by atoms with Gasteiger partial charge in [-0.25, -0.2) is 9.78 Å². The maximum atomic E-state index is 12.6. The number of aliphatic hydroxyl groups excluding tert-OH is 4. The van der Waals surface area contributed by atoms with E-state index in [9.17, 15) is 39.9 Å². The Morgan fingerprint density at radius 1 is 0.961 bits per heavy atom. The first-order valence-corrected chi connectivity index (χ1v) is 16.5. The molecule has 51 heavy (non-hydrogen) atoms. The number of carbonyl (C=O) groups excluding carboxylic acids is 2. The van der Waals surface area contributed by atoms with Crippen molar-refractivity contribution in [2.45, 2.75) is 137 Å². The van der Waals surface area contributed by atoms with Crippen LogP contribution in [0.3, 0.4) is 0 Å². The second kappa shape index (κ2) is 17.7. The Balaban J connectivity index is 1.30. The molecular formula is C29H51N9O13. The van der Waals surface area contributed by atoms with Crippen molar-refractivity contribution in [3.8, 4) is 0 Å². The maximum absolute atomic E-state index is 12.6. The standard InChI is InChI=1S/C29H51N9O13/c1-10(30)26(44)37-15(27(45)46)4-11-7-38(9-36-11)3-2-18(40)47-8-17-20(41)19(34)21(42)29(48-17)50-24-13(32)5-12(31)23(22(24)43)49-28-14(33)6-16(39)25(35)51-28/h7,9-10,12-17,19-25,28-29,39,41-43H,2-6,8,30-35H2,1H3,(H,37,44)(H,45,46)/t10?,12-,13+,14+,15?,16-,17+,19-,20+,21+,22-,23+,24-,25-,28-,29+/m0/s1. The van der Waals surface area contributed by atoms with Gasteiger partial charge in [0.1, 0.15) is 55.5 Å². The molecule has 0 spiro atoms. The zero-order chi connectivity index (χ0) is 37.7. The number of carbonyl (C=O) groups is 3. The van der Waals surface area contributed by atoms with Crippen LogP contribution in [0.5, 0.6) is 0 Å². The molecular weight excluding hydrogens is 682 g/mol. The van der Waals surface area contributed by atoms with E-state index in [2.05, 4.69) is 10.3 Å². The van der Waals surface area contributed by atoms with E-state index in [1.807, 2.05) is 0 Å². The average molecular weight is 734 g/mol. The Labute approximate surface area is 292 Å². The zero-order valence-corrected chi connectivity index (χ0v) is 28.0. The van der Waals surface area contributed by atoms with E-state index in [1.165, 1.54) is 24.0 Å². The van der Waals surface area contributed by atoms with Crippen molar-refractivity contribution in [3.63, 3.8) is 0 Å². The van der Waals surface area contributed by atoms with E-state index >= 15 is 0 Å². The molecule has 4 rings (SSSR count). The molecule has 3 aliphatic rings. The third kappa shape index (κ3) is 10.4. The number of imidazole rings is 1. The first-order chi connectivity index (χ1) is 24.0. The number of aliphatic hydroxyl groups is 4. The minimum atomic E-state index is -1.58. The van der Waals surface area contributed by atoms with Crippen LogP contribution in [-0.2, 0) is 51.0 Å². The highest BCUT2D eigenvalue weighted by Gasteiger charge is 2.50. The third-order valence-electron chi connectivity index (χ3n) is 9.05. The normalized spacial score (nSPS) is 38.4. The van der Waals surface area contributed by atoms with Crippen LogP contribution in [0, 0.1) is 0 Å².